The van der Waals surface area contributed by atoms with E-state index in [0.717, 1.165) is 19.3 Å². The summed E-state index contributed by atoms with van der Waals surface area (Å²) in [7, 11) is 0. The molecule has 2 aromatic rings. The van der Waals surface area contributed by atoms with Crippen LogP contribution in [0.1, 0.15) is 46.7 Å². The molecule has 0 fully saturated rings. The third-order valence-corrected chi connectivity index (χ3v) is 4.83. The predicted octanol–water partition coefficient (Wildman–Crippen LogP) is 5.28. The van der Waals surface area contributed by atoms with Crippen LogP contribution in [-0.2, 0) is 6.42 Å². The molecule has 0 heterocycles. The molecular formula is C18H16BrFO. The fourth-order valence-electron chi connectivity index (χ4n) is 3.16. The first kappa shape index (κ1) is 14.5. The lowest BCUT2D eigenvalue weighted by atomic mass is 9.79. The van der Waals surface area contributed by atoms with Crippen molar-refractivity contribution < 1.29 is 9.18 Å². The Bertz CT molecular complexity index is 660. The second kappa shape index (κ2) is 6.10. The highest BCUT2D eigenvalue weighted by molar-refractivity contribution is 9.10. The van der Waals surface area contributed by atoms with E-state index in [-0.39, 0.29) is 17.3 Å². The number of carbonyl (C=O) groups excluding carboxylic acids is 1. The maximum atomic E-state index is 13.9. The number of ketones is 1. The van der Waals surface area contributed by atoms with E-state index in [1.165, 1.54) is 17.2 Å². The fourth-order valence-corrected chi connectivity index (χ4v) is 3.72. The highest BCUT2D eigenvalue weighted by Crippen LogP contribution is 2.35. The van der Waals surface area contributed by atoms with E-state index < -0.39 is 5.82 Å². The van der Waals surface area contributed by atoms with Crippen molar-refractivity contribution in [3.05, 3.63) is 69.4 Å². The topological polar surface area (TPSA) is 17.1 Å². The molecule has 0 aliphatic heterocycles. The summed E-state index contributed by atoms with van der Waals surface area (Å²) in [5.41, 5.74) is 2.76. The van der Waals surface area contributed by atoms with Gasteiger partial charge in [-0.25, -0.2) is 4.39 Å². The Morgan fingerprint density at radius 3 is 2.81 bits per heavy atom. The Balaban J connectivity index is 1.86. The van der Waals surface area contributed by atoms with Crippen LogP contribution in [0, 0.1) is 5.82 Å². The first-order chi connectivity index (χ1) is 10.2. The SMILES string of the molecule is O=C(CC1CCCc2ccccc21)c1c(F)cccc1Br. The number of rotatable bonds is 3. The molecule has 0 saturated heterocycles. The molecule has 1 nitrogen and oxygen atoms in total. The largest absolute Gasteiger partial charge is 0.294 e. The van der Waals surface area contributed by atoms with Crippen LogP contribution in [0.25, 0.3) is 0 Å². The number of hydrogen-bond donors (Lipinski definition) is 0. The number of fused-ring (bicyclic) bond motifs is 1. The molecule has 108 valence electrons. The lowest BCUT2D eigenvalue weighted by Crippen LogP contribution is -2.15. The summed E-state index contributed by atoms with van der Waals surface area (Å²) in [5.74, 6) is -0.367. The molecule has 0 saturated carbocycles. The lowest BCUT2D eigenvalue weighted by molar-refractivity contribution is 0.0966. The van der Waals surface area contributed by atoms with Crippen molar-refractivity contribution in [3.8, 4) is 0 Å². The van der Waals surface area contributed by atoms with E-state index in [0.29, 0.717) is 10.9 Å². The Labute approximate surface area is 132 Å². The number of benzene rings is 2. The van der Waals surface area contributed by atoms with Crippen LogP contribution < -0.4 is 0 Å². The molecule has 1 aliphatic carbocycles. The molecule has 21 heavy (non-hydrogen) atoms. The third-order valence-electron chi connectivity index (χ3n) is 4.17. The molecule has 1 aliphatic rings. The summed E-state index contributed by atoms with van der Waals surface area (Å²) in [4.78, 5) is 12.5. The number of Topliss-reactive ketones (excluding diaryl/α,β-unsaturated/α-hetero) is 1. The van der Waals surface area contributed by atoms with Gasteiger partial charge in [0.05, 0.1) is 5.56 Å². The van der Waals surface area contributed by atoms with Gasteiger partial charge in [0.25, 0.3) is 0 Å². The van der Waals surface area contributed by atoms with E-state index >= 15 is 0 Å². The van der Waals surface area contributed by atoms with Crippen molar-refractivity contribution in [3.63, 3.8) is 0 Å². The minimum absolute atomic E-state index is 0.123. The van der Waals surface area contributed by atoms with Crippen molar-refractivity contribution in [1.29, 1.82) is 0 Å². The van der Waals surface area contributed by atoms with Crippen molar-refractivity contribution in [1.82, 2.24) is 0 Å². The zero-order chi connectivity index (χ0) is 14.8. The Morgan fingerprint density at radius 1 is 1.19 bits per heavy atom. The molecule has 0 aromatic heterocycles. The average molecular weight is 347 g/mol. The standard InChI is InChI=1S/C18H16BrFO/c19-15-9-4-10-16(20)18(15)17(21)11-13-7-3-6-12-5-1-2-8-14(12)13/h1-2,4-5,8-10,13H,3,6-7,11H2. The van der Waals surface area contributed by atoms with Gasteiger partial charge in [0.2, 0.25) is 0 Å². The minimum atomic E-state index is -0.446. The van der Waals surface area contributed by atoms with Crippen molar-refractivity contribution in [2.45, 2.75) is 31.6 Å². The monoisotopic (exact) mass is 346 g/mol. The molecule has 2 aromatic carbocycles. The lowest BCUT2D eigenvalue weighted by Gasteiger charge is -2.25. The van der Waals surface area contributed by atoms with Gasteiger partial charge in [-0.3, -0.25) is 4.79 Å². The molecule has 0 amide bonds. The van der Waals surface area contributed by atoms with Crippen LogP contribution in [0.2, 0.25) is 0 Å². The number of aryl methyl sites for hydroxylation is 1. The maximum absolute atomic E-state index is 13.9. The summed E-state index contributed by atoms with van der Waals surface area (Å²) in [5, 5.41) is 0. The first-order valence-electron chi connectivity index (χ1n) is 7.22. The summed E-state index contributed by atoms with van der Waals surface area (Å²) in [6.45, 7) is 0. The second-order valence-electron chi connectivity index (χ2n) is 5.51. The summed E-state index contributed by atoms with van der Waals surface area (Å²) in [6, 6.07) is 12.9. The molecule has 1 atom stereocenters. The second-order valence-corrected chi connectivity index (χ2v) is 6.37. The molecule has 0 radical (unpaired) electrons. The molecular weight excluding hydrogens is 331 g/mol. The van der Waals surface area contributed by atoms with Crippen LogP contribution in [-0.4, -0.2) is 5.78 Å². The summed E-state index contributed by atoms with van der Waals surface area (Å²) < 4.78 is 14.4. The van der Waals surface area contributed by atoms with Crippen molar-refractivity contribution >= 4 is 21.7 Å². The number of hydrogen-bond acceptors (Lipinski definition) is 1. The maximum Gasteiger partial charge on any atom is 0.167 e. The molecule has 3 rings (SSSR count). The van der Waals surface area contributed by atoms with E-state index in [2.05, 4.69) is 28.1 Å². The van der Waals surface area contributed by atoms with Gasteiger partial charge in [0, 0.05) is 10.9 Å². The Kier molecular flexibility index (Phi) is 4.20. The van der Waals surface area contributed by atoms with Gasteiger partial charge in [-0.1, -0.05) is 30.3 Å². The van der Waals surface area contributed by atoms with E-state index in [9.17, 15) is 9.18 Å². The Hall–Kier alpha value is -1.48. The smallest absolute Gasteiger partial charge is 0.167 e. The van der Waals surface area contributed by atoms with Gasteiger partial charge in [0.1, 0.15) is 5.82 Å². The summed E-state index contributed by atoms with van der Waals surface area (Å²) in [6.07, 6.45) is 3.53. The van der Waals surface area contributed by atoms with E-state index in [4.69, 9.17) is 0 Å². The number of carbonyl (C=O) groups is 1. The van der Waals surface area contributed by atoms with Crippen LogP contribution in [0.4, 0.5) is 4.39 Å². The zero-order valence-electron chi connectivity index (χ0n) is 11.6. The normalized spacial score (nSPS) is 17.3. The molecule has 1 unspecified atom stereocenters. The van der Waals surface area contributed by atoms with E-state index in [1.807, 2.05) is 12.1 Å². The highest BCUT2D eigenvalue weighted by atomic mass is 79.9. The fraction of sp³-hybridized carbons (Fsp3) is 0.278. The van der Waals surface area contributed by atoms with Crippen LogP contribution in [0.5, 0.6) is 0 Å². The molecule has 0 bridgehead atoms. The van der Waals surface area contributed by atoms with Gasteiger partial charge in [-0.05, 0) is 64.4 Å². The Morgan fingerprint density at radius 2 is 2.00 bits per heavy atom. The first-order valence-corrected chi connectivity index (χ1v) is 8.01. The molecule has 3 heteroatoms. The highest BCUT2D eigenvalue weighted by Gasteiger charge is 2.25. The summed E-state index contributed by atoms with van der Waals surface area (Å²) >= 11 is 3.28. The minimum Gasteiger partial charge on any atom is -0.294 e. The van der Waals surface area contributed by atoms with Crippen molar-refractivity contribution in [2.24, 2.45) is 0 Å². The zero-order valence-corrected chi connectivity index (χ0v) is 13.2. The van der Waals surface area contributed by atoms with Gasteiger partial charge < -0.3 is 0 Å². The van der Waals surface area contributed by atoms with Crippen molar-refractivity contribution in [2.75, 3.05) is 0 Å². The van der Waals surface area contributed by atoms with Crippen LogP contribution in [0.15, 0.2) is 46.9 Å². The van der Waals surface area contributed by atoms with Gasteiger partial charge in [-0.2, -0.15) is 0 Å². The van der Waals surface area contributed by atoms with Crippen LogP contribution >= 0.6 is 15.9 Å². The third kappa shape index (κ3) is 2.93. The van der Waals surface area contributed by atoms with Crippen LogP contribution in [0.3, 0.4) is 0 Å². The number of halogens is 2. The molecule has 0 N–H and O–H groups in total. The van der Waals surface area contributed by atoms with Gasteiger partial charge in [0.15, 0.2) is 5.78 Å². The van der Waals surface area contributed by atoms with E-state index in [1.54, 1.807) is 12.1 Å². The van der Waals surface area contributed by atoms with Gasteiger partial charge in [-0.15, -0.1) is 0 Å². The predicted molar refractivity (Wildman–Crippen MR) is 85.2 cm³/mol. The van der Waals surface area contributed by atoms with Gasteiger partial charge >= 0.3 is 0 Å². The quantitative estimate of drug-likeness (QED) is 0.691. The average Bonchev–Trinajstić information content (AvgIpc) is 2.47. The molecule has 0 spiro atoms.